The molecule has 5 nitrogen and oxygen atoms in total. The van der Waals surface area contributed by atoms with Gasteiger partial charge in [0.1, 0.15) is 0 Å². The number of hydrogen-bond acceptors (Lipinski definition) is 3. The molecule has 3 rings (SSSR count). The lowest BCUT2D eigenvalue weighted by Gasteiger charge is -2.22. The Bertz CT molecular complexity index is 770. The highest BCUT2D eigenvalue weighted by molar-refractivity contribution is 6.00. The Balaban J connectivity index is 1.60. The highest BCUT2D eigenvalue weighted by Crippen LogP contribution is 2.27. The molecule has 142 valence electrons. The largest absolute Gasteiger partial charge is 0.372 e. The molecular formula is C22H27N3O2. The molecule has 0 saturated carbocycles. The standard InChI is InChI=1S/C22H27N3O2/c1-3-24(4-2)19-10-12-20(13-11-19)25-16-18(14-21(25)26)22(27)23-15-17-8-6-5-7-9-17/h5-13,18H,3-4,14-16H2,1-2H3,(H,23,27). The van der Waals surface area contributed by atoms with Gasteiger partial charge in [-0.1, -0.05) is 30.3 Å². The number of hydrogen-bond donors (Lipinski definition) is 1. The summed E-state index contributed by atoms with van der Waals surface area (Å²) in [5.41, 5.74) is 3.06. The molecular weight excluding hydrogens is 338 g/mol. The van der Waals surface area contributed by atoms with E-state index in [1.807, 2.05) is 54.6 Å². The second-order valence-electron chi connectivity index (χ2n) is 6.80. The zero-order chi connectivity index (χ0) is 19.2. The van der Waals surface area contributed by atoms with Gasteiger partial charge in [-0.25, -0.2) is 0 Å². The number of benzene rings is 2. The van der Waals surface area contributed by atoms with Gasteiger partial charge in [0.2, 0.25) is 11.8 Å². The first-order valence-electron chi connectivity index (χ1n) is 9.59. The summed E-state index contributed by atoms with van der Waals surface area (Å²) in [4.78, 5) is 28.9. The Hall–Kier alpha value is -2.82. The molecule has 0 aliphatic carbocycles. The number of anilines is 2. The molecule has 2 amide bonds. The van der Waals surface area contributed by atoms with Gasteiger partial charge in [0.05, 0.1) is 5.92 Å². The maximum absolute atomic E-state index is 12.5. The second-order valence-corrected chi connectivity index (χ2v) is 6.80. The van der Waals surface area contributed by atoms with Gasteiger partial charge in [-0.3, -0.25) is 9.59 Å². The molecule has 0 aromatic heterocycles. The van der Waals surface area contributed by atoms with E-state index in [0.717, 1.165) is 30.0 Å². The van der Waals surface area contributed by atoms with Crippen molar-refractivity contribution in [2.24, 2.45) is 5.92 Å². The summed E-state index contributed by atoms with van der Waals surface area (Å²) in [5, 5.41) is 2.95. The van der Waals surface area contributed by atoms with E-state index in [4.69, 9.17) is 0 Å². The van der Waals surface area contributed by atoms with Crippen molar-refractivity contribution < 1.29 is 9.59 Å². The second kappa shape index (κ2) is 8.71. The zero-order valence-electron chi connectivity index (χ0n) is 16.0. The normalized spacial score (nSPS) is 16.4. The molecule has 1 saturated heterocycles. The Kier molecular flexibility index (Phi) is 6.12. The number of nitrogens with zero attached hydrogens (tertiary/aromatic N) is 2. The van der Waals surface area contributed by atoms with Crippen LogP contribution in [-0.2, 0) is 16.1 Å². The number of carbonyl (C=O) groups is 2. The molecule has 0 radical (unpaired) electrons. The lowest BCUT2D eigenvalue weighted by molar-refractivity contribution is -0.126. The predicted octanol–water partition coefficient (Wildman–Crippen LogP) is 3.20. The molecule has 0 bridgehead atoms. The van der Waals surface area contributed by atoms with Gasteiger partial charge in [0, 0.05) is 44.0 Å². The van der Waals surface area contributed by atoms with Gasteiger partial charge in [-0.15, -0.1) is 0 Å². The van der Waals surface area contributed by atoms with E-state index in [9.17, 15) is 9.59 Å². The third kappa shape index (κ3) is 4.48. The first-order chi connectivity index (χ1) is 13.1. The molecule has 0 spiro atoms. The number of amides is 2. The molecule has 1 N–H and O–H groups in total. The molecule has 1 atom stereocenters. The molecule has 5 heteroatoms. The Morgan fingerprint density at radius 2 is 1.74 bits per heavy atom. The van der Waals surface area contributed by atoms with E-state index in [-0.39, 0.29) is 24.2 Å². The van der Waals surface area contributed by atoms with Gasteiger partial charge < -0.3 is 15.1 Å². The number of nitrogens with one attached hydrogen (secondary N) is 1. The summed E-state index contributed by atoms with van der Waals surface area (Å²) in [6, 6.07) is 17.8. The minimum atomic E-state index is -0.302. The van der Waals surface area contributed by atoms with Crippen LogP contribution >= 0.6 is 0 Å². The topological polar surface area (TPSA) is 52.6 Å². The Morgan fingerprint density at radius 1 is 1.07 bits per heavy atom. The third-order valence-electron chi connectivity index (χ3n) is 5.10. The van der Waals surface area contributed by atoms with Gasteiger partial charge in [-0.2, -0.15) is 0 Å². The average molecular weight is 365 g/mol. The first-order valence-corrected chi connectivity index (χ1v) is 9.59. The van der Waals surface area contributed by atoms with Crippen molar-refractivity contribution in [2.75, 3.05) is 29.4 Å². The molecule has 1 unspecified atom stereocenters. The number of rotatable bonds is 7. The van der Waals surface area contributed by atoms with Crippen molar-refractivity contribution in [1.29, 1.82) is 0 Å². The van der Waals surface area contributed by atoms with E-state index in [2.05, 4.69) is 24.1 Å². The fourth-order valence-electron chi connectivity index (χ4n) is 3.49. The van der Waals surface area contributed by atoms with E-state index in [1.54, 1.807) is 4.90 Å². The van der Waals surface area contributed by atoms with Crippen molar-refractivity contribution in [1.82, 2.24) is 5.32 Å². The van der Waals surface area contributed by atoms with Crippen LogP contribution in [0.5, 0.6) is 0 Å². The molecule has 1 aliphatic rings. The summed E-state index contributed by atoms with van der Waals surface area (Å²) in [5.74, 6) is -0.358. The Labute approximate surface area is 161 Å². The quantitative estimate of drug-likeness (QED) is 0.820. The van der Waals surface area contributed by atoms with E-state index in [0.29, 0.717) is 13.1 Å². The minimum absolute atomic E-state index is 0.00505. The van der Waals surface area contributed by atoms with Crippen LogP contribution in [0.25, 0.3) is 0 Å². The maximum Gasteiger partial charge on any atom is 0.227 e. The first kappa shape index (κ1) is 19.0. The lowest BCUT2D eigenvalue weighted by Crippen LogP contribution is -2.32. The zero-order valence-corrected chi connectivity index (χ0v) is 16.0. The summed E-state index contributed by atoms with van der Waals surface area (Å²) < 4.78 is 0. The van der Waals surface area contributed by atoms with Crippen molar-refractivity contribution >= 4 is 23.2 Å². The summed E-state index contributed by atoms with van der Waals surface area (Å²) in [7, 11) is 0. The van der Waals surface area contributed by atoms with E-state index in [1.165, 1.54) is 0 Å². The van der Waals surface area contributed by atoms with Gasteiger partial charge in [0.25, 0.3) is 0 Å². The molecule has 2 aromatic rings. The van der Waals surface area contributed by atoms with Crippen LogP contribution in [0.4, 0.5) is 11.4 Å². The summed E-state index contributed by atoms with van der Waals surface area (Å²) in [6.07, 6.45) is 0.262. The SMILES string of the molecule is CCN(CC)c1ccc(N2CC(C(=O)NCc3ccccc3)CC2=O)cc1. The molecule has 1 aliphatic heterocycles. The van der Waals surface area contributed by atoms with Crippen molar-refractivity contribution in [2.45, 2.75) is 26.8 Å². The van der Waals surface area contributed by atoms with Crippen LogP contribution in [0.15, 0.2) is 54.6 Å². The highest BCUT2D eigenvalue weighted by Gasteiger charge is 2.35. The van der Waals surface area contributed by atoms with Crippen LogP contribution in [0.2, 0.25) is 0 Å². The van der Waals surface area contributed by atoms with Gasteiger partial charge in [-0.05, 0) is 43.7 Å². The van der Waals surface area contributed by atoms with E-state index >= 15 is 0 Å². The van der Waals surface area contributed by atoms with Crippen molar-refractivity contribution in [3.8, 4) is 0 Å². The van der Waals surface area contributed by atoms with Crippen LogP contribution < -0.4 is 15.1 Å². The van der Waals surface area contributed by atoms with Crippen molar-refractivity contribution in [3.63, 3.8) is 0 Å². The lowest BCUT2D eigenvalue weighted by atomic mass is 10.1. The Morgan fingerprint density at radius 3 is 2.37 bits per heavy atom. The number of carbonyl (C=O) groups excluding carboxylic acids is 2. The van der Waals surface area contributed by atoms with Crippen LogP contribution in [0.1, 0.15) is 25.8 Å². The van der Waals surface area contributed by atoms with E-state index < -0.39 is 0 Å². The summed E-state index contributed by atoms with van der Waals surface area (Å²) >= 11 is 0. The minimum Gasteiger partial charge on any atom is -0.372 e. The molecule has 2 aromatic carbocycles. The van der Waals surface area contributed by atoms with Gasteiger partial charge >= 0.3 is 0 Å². The monoisotopic (exact) mass is 365 g/mol. The van der Waals surface area contributed by atoms with Crippen LogP contribution in [-0.4, -0.2) is 31.4 Å². The fourth-order valence-corrected chi connectivity index (χ4v) is 3.49. The molecule has 1 heterocycles. The van der Waals surface area contributed by atoms with Crippen LogP contribution in [0.3, 0.4) is 0 Å². The van der Waals surface area contributed by atoms with Gasteiger partial charge in [0.15, 0.2) is 0 Å². The third-order valence-corrected chi connectivity index (χ3v) is 5.10. The molecule has 27 heavy (non-hydrogen) atoms. The average Bonchev–Trinajstić information content (AvgIpc) is 3.10. The predicted molar refractivity (Wildman–Crippen MR) is 109 cm³/mol. The smallest absolute Gasteiger partial charge is 0.227 e. The fraction of sp³-hybridized carbons (Fsp3) is 0.364. The summed E-state index contributed by atoms with van der Waals surface area (Å²) in [6.45, 7) is 7.07. The van der Waals surface area contributed by atoms with Crippen molar-refractivity contribution in [3.05, 3.63) is 60.2 Å². The highest BCUT2D eigenvalue weighted by atomic mass is 16.2. The van der Waals surface area contributed by atoms with Crippen LogP contribution in [0, 0.1) is 5.92 Å². The molecule has 1 fully saturated rings. The maximum atomic E-state index is 12.5.